The van der Waals surface area contributed by atoms with Crippen molar-refractivity contribution in [2.75, 3.05) is 0 Å². The molecule has 0 aliphatic heterocycles. The van der Waals surface area contributed by atoms with E-state index in [1.165, 1.54) is 0 Å². The van der Waals surface area contributed by atoms with Crippen LogP contribution in [-0.4, -0.2) is 31.8 Å². The number of aliphatic hydroxyl groups excluding tert-OH is 1. The highest BCUT2D eigenvalue weighted by Crippen LogP contribution is 2.39. The molecule has 1 aliphatic carbocycles. The van der Waals surface area contributed by atoms with Gasteiger partial charge >= 0.3 is 5.97 Å². The molecule has 0 spiro atoms. The van der Waals surface area contributed by atoms with Gasteiger partial charge in [-0.1, -0.05) is 26.8 Å². The molecule has 2 N–H and O–H groups in total. The van der Waals surface area contributed by atoms with E-state index in [1.807, 2.05) is 6.07 Å². The number of carbonyl (C=O) groups is 1. The second-order valence-electron chi connectivity index (χ2n) is 6.81. The van der Waals surface area contributed by atoms with E-state index in [4.69, 9.17) is 0 Å². The molecule has 1 heterocycles. The van der Waals surface area contributed by atoms with Gasteiger partial charge in [0.15, 0.2) is 0 Å². The molecule has 21 heavy (non-hydrogen) atoms. The lowest BCUT2D eigenvalue weighted by molar-refractivity contribution is 0.0479. The number of rotatable bonds is 2. The van der Waals surface area contributed by atoms with E-state index in [-0.39, 0.29) is 23.1 Å². The number of para-hydroxylation sites is 1. The summed E-state index contributed by atoms with van der Waals surface area (Å²) in [7, 11) is 0. The van der Waals surface area contributed by atoms with Crippen LogP contribution in [0.2, 0.25) is 0 Å². The molecule has 1 fully saturated rings. The summed E-state index contributed by atoms with van der Waals surface area (Å²) in [5.74, 6) is -0.0811. The second-order valence-corrected chi connectivity index (χ2v) is 6.81. The maximum atomic E-state index is 11.4. The summed E-state index contributed by atoms with van der Waals surface area (Å²) < 4.78 is 2.12. The Balaban J connectivity index is 2.27. The van der Waals surface area contributed by atoms with Crippen molar-refractivity contribution in [3.63, 3.8) is 0 Å². The van der Waals surface area contributed by atoms with Gasteiger partial charge in [-0.15, -0.1) is 0 Å². The minimum atomic E-state index is -0.959. The van der Waals surface area contributed by atoms with E-state index in [2.05, 4.69) is 30.3 Å². The normalized spacial score (nSPS) is 22.3. The van der Waals surface area contributed by atoms with Crippen molar-refractivity contribution in [2.24, 2.45) is 0 Å². The molecule has 0 unspecified atom stereocenters. The van der Waals surface area contributed by atoms with Crippen LogP contribution in [0.5, 0.6) is 0 Å². The molecule has 1 aliphatic rings. The summed E-state index contributed by atoms with van der Waals surface area (Å²) in [6.07, 6.45) is 1.14. The summed E-state index contributed by atoms with van der Waals surface area (Å²) in [5, 5.41) is 18.9. The molecular formula is C16H20N2O3. The average Bonchev–Trinajstić information content (AvgIpc) is 2.73. The second kappa shape index (κ2) is 4.56. The largest absolute Gasteiger partial charge is 0.478 e. The molecule has 0 radical (unpaired) electrons. The number of benzene rings is 1. The zero-order valence-corrected chi connectivity index (χ0v) is 12.5. The minimum absolute atomic E-state index is 0.185. The molecule has 112 valence electrons. The van der Waals surface area contributed by atoms with Crippen LogP contribution >= 0.6 is 0 Å². The van der Waals surface area contributed by atoms with Crippen LogP contribution in [0.15, 0.2) is 18.2 Å². The molecular weight excluding hydrogens is 268 g/mol. The third-order valence-electron chi connectivity index (χ3n) is 4.07. The summed E-state index contributed by atoms with van der Waals surface area (Å²) in [6, 6.07) is 5.45. The number of hydrogen-bond donors (Lipinski definition) is 2. The van der Waals surface area contributed by atoms with Gasteiger partial charge in [0.1, 0.15) is 11.3 Å². The summed E-state index contributed by atoms with van der Waals surface area (Å²) in [4.78, 5) is 16.0. The molecule has 2 aromatic rings. The van der Waals surface area contributed by atoms with Crippen molar-refractivity contribution < 1.29 is 15.0 Å². The predicted molar refractivity (Wildman–Crippen MR) is 79.7 cm³/mol. The maximum absolute atomic E-state index is 11.4. The lowest BCUT2D eigenvalue weighted by Gasteiger charge is -2.36. The third kappa shape index (κ3) is 2.21. The van der Waals surface area contributed by atoms with E-state index in [0.717, 1.165) is 11.3 Å². The van der Waals surface area contributed by atoms with Crippen molar-refractivity contribution >= 4 is 17.0 Å². The average molecular weight is 288 g/mol. The summed E-state index contributed by atoms with van der Waals surface area (Å²) in [6.45, 7) is 6.21. The Kier molecular flexibility index (Phi) is 3.06. The zero-order chi connectivity index (χ0) is 15.4. The summed E-state index contributed by atoms with van der Waals surface area (Å²) in [5.41, 5.74) is 1.43. The molecule has 1 aromatic heterocycles. The number of nitrogens with zero attached hydrogens (tertiary/aromatic N) is 2. The van der Waals surface area contributed by atoms with Crippen molar-refractivity contribution in [2.45, 2.75) is 51.2 Å². The number of fused-ring (bicyclic) bond motifs is 1. The molecule has 0 bridgehead atoms. The quantitative estimate of drug-likeness (QED) is 0.891. The number of carboxylic acids is 1. The van der Waals surface area contributed by atoms with Gasteiger partial charge in [0.05, 0.1) is 17.2 Å². The fraction of sp³-hybridized carbons (Fsp3) is 0.500. The monoisotopic (exact) mass is 288 g/mol. The van der Waals surface area contributed by atoms with E-state index in [0.29, 0.717) is 18.4 Å². The van der Waals surface area contributed by atoms with Gasteiger partial charge in [-0.05, 0) is 25.0 Å². The highest BCUT2D eigenvalue weighted by atomic mass is 16.4. The van der Waals surface area contributed by atoms with Gasteiger partial charge in [-0.3, -0.25) is 0 Å². The Morgan fingerprint density at radius 1 is 1.33 bits per heavy atom. The fourth-order valence-electron chi connectivity index (χ4n) is 2.96. The van der Waals surface area contributed by atoms with Gasteiger partial charge in [0.2, 0.25) is 0 Å². The highest BCUT2D eigenvalue weighted by Gasteiger charge is 2.35. The van der Waals surface area contributed by atoms with E-state index >= 15 is 0 Å². The van der Waals surface area contributed by atoms with Crippen LogP contribution < -0.4 is 0 Å². The molecule has 5 nitrogen and oxygen atoms in total. The van der Waals surface area contributed by atoms with Gasteiger partial charge < -0.3 is 14.8 Å². The van der Waals surface area contributed by atoms with Gasteiger partial charge in [0.25, 0.3) is 0 Å². The van der Waals surface area contributed by atoms with Crippen LogP contribution in [0.3, 0.4) is 0 Å². The molecule has 0 atom stereocenters. The van der Waals surface area contributed by atoms with Crippen molar-refractivity contribution in [1.82, 2.24) is 9.55 Å². The molecule has 5 heteroatoms. The van der Waals surface area contributed by atoms with Gasteiger partial charge in [0, 0.05) is 11.5 Å². The topological polar surface area (TPSA) is 75.3 Å². The lowest BCUT2D eigenvalue weighted by Crippen LogP contribution is -2.33. The lowest BCUT2D eigenvalue weighted by atomic mass is 9.87. The Morgan fingerprint density at radius 3 is 2.52 bits per heavy atom. The molecule has 0 amide bonds. The SMILES string of the molecule is CC(C)(C)c1nc2c(C(=O)O)cccc2n1C1CC(O)C1. The van der Waals surface area contributed by atoms with Gasteiger partial charge in [-0.2, -0.15) is 0 Å². The molecule has 1 saturated carbocycles. The first-order valence-electron chi connectivity index (χ1n) is 7.22. The maximum Gasteiger partial charge on any atom is 0.337 e. The van der Waals surface area contributed by atoms with E-state index in [9.17, 15) is 15.0 Å². The standard InChI is InChI=1S/C16H20N2O3/c1-16(2,3)15-17-13-11(14(20)21)5-4-6-12(13)18(15)9-7-10(19)8-9/h4-6,9-10,19H,7-8H2,1-3H3,(H,20,21). The Bertz CT molecular complexity index is 706. The minimum Gasteiger partial charge on any atom is -0.478 e. The predicted octanol–water partition coefficient (Wildman–Crippen LogP) is 2.73. The molecule has 0 saturated heterocycles. The Hall–Kier alpha value is -1.88. The number of imidazole rings is 1. The van der Waals surface area contributed by atoms with Crippen LogP contribution in [0, 0.1) is 0 Å². The first-order valence-corrected chi connectivity index (χ1v) is 7.22. The van der Waals surface area contributed by atoms with Crippen molar-refractivity contribution in [3.05, 3.63) is 29.6 Å². The number of hydrogen-bond acceptors (Lipinski definition) is 3. The first kappa shape index (κ1) is 14.1. The smallest absolute Gasteiger partial charge is 0.337 e. The van der Waals surface area contributed by atoms with Gasteiger partial charge in [-0.25, -0.2) is 9.78 Å². The fourth-order valence-corrected chi connectivity index (χ4v) is 2.96. The molecule has 1 aromatic carbocycles. The van der Waals surface area contributed by atoms with Crippen LogP contribution in [0.1, 0.15) is 55.8 Å². The van der Waals surface area contributed by atoms with Crippen LogP contribution in [-0.2, 0) is 5.41 Å². The van der Waals surface area contributed by atoms with E-state index in [1.54, 1.807) is 12.1 Å². The Labute approximate surface area is 123 Å². The zero-order valence-electron chi connectivity index (χ0n) is 12.5. The molecule has 3 rings (SSSR count). The van der Waals surface area contributed by atoms with Crippen molar-refractivity contribution in [1.29, 1.82) is 0 Å². The highest BCUT2D eigenvalue weighted by molar-refractivity contribution is 6.01. The number of aliphatic hydroxyl groups is 1. The van der Waals surface area contributed by atoms with Crippen LogP contribution in [0.25, 0.3) is 11.0 Å². The first-order chi connectivity index (χ1) is 9.79. The number of aromatic carboxylic acids is 1. The Morgan fingerprint density at radius 2 is 2.00 bits per heavy atom. The van der Waals surface area contributed by atoms with Crippen LogP contribution in [0.4, 0.5) is 0 Å². The summed E-state index contributed by atoms with van der Waals surface area (Å²) >= 11 is 0. The number of carboxylic acid groups (broad SMARTS) is 1. The number of aromatic nitrogens is 2. The third-order valence-corrected chi connectivity index (χ3v) is 4.07. The van der Waals surface area contributed by atoms with E-state index < -0.39 is 5.97 Å². The van der Waals surface area contributed by atoms with Crippen molar-refractivity contribution in [3.8, 4) is 0 Å².